The number of anilines is 2. The first-order chi connectivity index (χ1) is 9.97. The van der Waals surface area contributed by atoms with Crippen LogP contribution >= 0.6 is 0 Å². The summed E-state index contributed by atoms with van der Waals surface area (Å²) in [5.41, 5.74) is 0.610. The molecule has 110 valence electrons. The minimum atomic E-state index is -0.987. The van der Waals surface area contributed by atoms with Crippen molar-refractivity contribution in [2.75, 3.05) is 5.32 Å². The van der Waals surface area contributed by atoms with Crippen LogP contribution in [0.15, 0.2) is 41.5 Å². The minimum absolute atomic E-state index is 0.193. The van der Waals surface area contributed by atoms with Crippen molar-refractivity contribution in [3.8, 4) is 0 Å². The number of aromatic carboxylic acids is 1. The van der Waals surface area contributed by atoms with Gasteiger partial charge >= 0.3 is 5.97 Å². The van der Waals surface area contributed by atoms with Crippen LogP contribution in [0, 0.1) is 5.92 Å². The van der Waals surface area contributed by atoms with E-state index in [4.69, 9.17) is 5.11 Å². The van der Waals surface area contributed by atoms with Crippen LogP contribution in [0.2, 0.25) is 0 Å². The first kappa shape index (κ1) is 14.8. The third kappa shape index (κ3) is 3.68. The molecule has 0 saturated carbocycles. The molecule has 6 heteroatoms. The normalized spacial score (nSPS) is 10.6. The van der Waals surface area contributed by atoms with E-state index in [-0.39, 0.29) is 16.9 Å². The Bertz CT molecular complexity index is 690. The minimum Gasteiger partial charge on any atom is -0.478 e. The van der Waals surface area contributed by atoms with Crippen LogP contribution in [-0.2, 0) is 6.54 Å². The molecular weight excluding hydrogens is 270 g/mol. The molecule has 2 N–H and O–H groups in total. The molecule has 0 aliphatic carbocycles. The number of hydrogen-bond acceptors (Lipinski definition) is 4. The van der Waals surface area contributed by atoms with Gasteiger partial charge in [-0.2, -0.15) is 0 Å². The molecular formula is C15H17N3O3. The molecule has 2 aromatic rings. The van der Waals surface area contributed by atoms with Crippen LogP contribution < -0.4 is 10.9 Å². The van der Waals surface area contributed by atoms with Gasteiger partial charge in [-0.1, -0.05) is 13.8 Å². The number of aromatic nitrogens is 2. The summed E-state index contributed by atoms with van der Waals surface area (Å²) >= 11 is 0. The van der Waals surface area contributed by atoms with Crippen LogP contribution in [-0.4, -0.2) is 20.6 Å². The lowest BCUT2D eigenvalue weighted by Gasteiger charge is -2.10. The molecule has 1 heterocycles. The maximum atomic E-state index is 12.2. The van der Waals surface area contributed by atoms with Crippen molar-refractivity contribution in [2.45, 2.75) is 20.4 Å². The van der Waals surface area contributed by atoms with Crippen LogP contribution in [0.4, 0.5) is 11.5 Å². The second-order valence-corrected chi connectivity index (χ2v) is 5.13. The monoisotopic (exact) mass is 287 g/mol. The second-order valence-electron chi connectivity index (χ2n) is 5.13. The average molecular weight is 287 g/mol. The Hall–Kier alpha value is -2.63. The van der Waals surface area contributed by atoms with Crippen molar-refractivity contribution in [1.82, 2.24) is 9.55 Å². The highest BCUT2D eigenvalue weighted by molar-refractivity contribution is 5.88. The van der Waals surface area contributed by atoms with Gasteiger partial charge in [0.15, 0.2) is 5.82 Å². The van der Waals surface area contributed by atoms with E-state index in [1.807, 2.05) is 13.8 Å². The zero-order chi connectivity index (χ0) is 15.4. The predicted molar refractivity (Wildman–Crippen MR) is 80.0 cm³/mol. The van der Waals surface area contributed by atoms with Crippen molar-refractivity contribution in [1.29, 1.82) is 0 Å². The zero-order valence-electron chi connectivity index (χ0n) is 11.9. The SMILES string of the molecule is CC(C)Cn1ccnc(Nc2ccc(C(=O)O)cc2)c1=O. The van der Waals surface area contributed by atoms with E-state index >= 15 is 0 Å². The van der Waals surface area contributed by atoms with Crippen molar-refractivity contribution in [2.24, 2.45) is 5.92 Å². The van der Waals surface area contributed by atoms with Crippen molar-refractivity contribution >= 4 is 17.5 Å². The first-order valence-electron chi connectivity index (χ1n) is 6.63. The van der Waals surface area contributed by atoms with E-state index < -0.39 is 5.97 Å². The van der Waals surface area contributed by atoms with E-state index in [1.165, 1.54) is 12.1 Å². The fraction of sp³-hybridized carbons (Fsp3) is 0.267. The van der Waals surface area contributed by atoms with Gasteiger partial charge in [0.05, 0.1) is 5.56 Å². The number of carbonyl (C=O) groups is 1. The standard InChI is InChI=1S/C15H17N3O3/c1-10(2)9-18-8-7-16-13(14(18)19)17-12-5-3-11(4-6-12)15(20)21/h3-8,10H,9H2,1-2H3,(H,16,17)(H,20,21). The van der Waals surface area contributed by atoms with Gasteiger partial charge in [0, 0.05) is 24.6 Å². The third-order valence-corrected chi connectivity index (χ3v) is 2.87. The molecule has 0 fully saturated rings. The lowest BCUT2D eigenvalue weighted by Crippen LogP contribution is -2.24. The van der Waals surface area contributed by atoms with Gasteiger partial charge in [-0.3, -0.25) is 4.79 Å². The third-order valence-electron chi connectivity index (χ3n) is 2.87. The fourth-order valence-electron chi connectivity index (χ4n) is 1.90. The predicted octanol–water partition coefficient (Wildman–Crippen LogP) is 2.34. The number of nitrogens with zero attached hydrogens (tertiary/aromatic N) is 2. The first-order valence-corrected chi connectivity index (χ1v) is 6.63. The van der Waals surface area contributed by atoms with Gasteiger partial charge in [-0.15, -0.1) is 0 Å². The average Bonchev–Trinajstić information content (AvgIpc) is 2.43. The van der Waals surface area contributed by atoms with Crippen LogP contribution in [0.25, 0.3) is 0 Å². The van der Waals surface area contributed by atoms with E-state index in [2.05, 4.69) is 10.3 Å². The highest BCUT2D eigenvalue weighted by Gasteiger charge is 2.07. The van der Waals surface area contributed by atoms with E-state index in [0.29, 0.717) is 18.2 Å². The summed E-state index contributed by atoms with van der Waals surface area (Å²) in [6, 6.07) is 6.15. The van der Waals surface area contributed by atoms with Gasteiger partial charge in [-0.05, 0) is 30.2 Å². The molecule has 0 aliphatic heterocycles. The molecule has 0 bridgehead atoms. The van der Waals surface area contributed by atoms with E-state index in [9.17, 15) is 9.59 Å². The molecule has 0 saturated heterocycles. The van der Waals surface area contributed by atoms with Crippen molar-refractivity contribution in [3.63, 3.8) is 0 Å². The number of carboxylic acid groups (broad SMARTS) is 1. The molecule has 0 unspecified atom stereocenters. The molecule has 2 rings (SSSR count). The fourth-order valence-corrected chi connectivity index (χ4v) is 1.90. The van der Waals surface area contributed by atoms with Crippen molar-refractivity contribution < 1.29 is 9.90 Å². The number of carboxylic acids is 1. The van der Waals surface area contributed by atoms with E-state index in [1.54, 1.807) is 29.1 Å². The molecule has 1 aromatic heterocycles. The molecule has 6 nitrogen and oxygen atoms in total. The highest BCUT2D eigenvalue weighted by atomic mass is 16.4. The number of hydrogen-bond donors (Lipinski definition) is 2. The summed E-state index contributed by atoms with van der Waals surface area (Å²) < 4.78 is 1.60. The Morgan fingerprint density at radius 1 is 1.33 bits per heavy atom. The number of nitrogens with one attached hydrogen (secondary N) is 1. The molecule has 0 amide bonds. The zero-order valence-corrected chi connectivity index (χ0v) is 11.9. The summed E-state index contributed by atoms with van der Waals surface area (Å²) in [5, 5.41) is 11.8. The Balaban J connectivity index is 2.23. The summed E-state index contributed by atoms with van der Waals surface area (Å²) in [7, 11) is 0. The summed E-state index contributed by atoms with van der Waals surface area (Å²) in [6.45, 7) is 4.68. The molecule has 0 atom stereocenters. The maximum Gasteiger partial charge on any atom is 0.335 e. The lowest BCUT2D eigenvalue weighted by molar-refractivity contribution is 0.0697. The molecule has 0 aliphatic rings. The Labute approximate surface area is 122 Å². The van der Waals surface area contributed by atoms with Crippen LogP contribution in [0.5, 0.6) is 0 Å². The quantitative estimate of drug-likeness (QED) is 0.881. The number of rotatable bonds is 5. The van der Waals surface area contributed by atoms with Gasteiger partial charge in [0.1, 0.15) is 0 Å². The summed E-state index contributed by atoms with van der Waals surface area (Å²) in [6.07, 6.45) is 3.22. The van der Waals surface area contributed by atoms with Gasteiger partial charge in [-0.25, -0.2) is 9.78 Å². The summed E-state index contributed by atoms with van der Waals surface area (Å²) in [5.74, 6) is -0.410. The molecule has 0 spiro atoms. The smallest absolute Gasteiger partial charge is 0.335 e. The largest absolute Gasteiger partial charge is 0.478 e. The Morgan fingerprint density at radius 2 is 2.00 bits per heavy atom. The second kappa shape index (κ2) is 6.21. The van der Waals surface area contributed by atoms with Crippen molar-refractivity contribution in [3.05, 3.63) is 52.6 Å². The van der Waals surface area contributed by atoms with Crippen LogP contribution in [0.1, 0.15) is 24.2 Å². The Kier molecular flexibility index (Phi) is 4.37. The molecule has 1 aromatic carbocycles. The topological polar surface area (TPSA) is 84.2 Å². The lowest BCUT2D eigenvalue weighted by atomic mass is 10.2. The van der Waals surface area contributed by atoms with E-state index in [0.717, 1.165) is 0 Å². The Morgan fingerprint density at radius 3 is 2.57 bits per heavy atom. The van der Waals surface area contributed by atoms with Gasteiger partial charge < -0.3 is 15.0 Å². The van der Waals surface area contributed by atoms with Crippen LogP contribution in [0.3, 0.4) is 0 Å². The highest BCUT2D eigenvalue weighted by Crippen LogP contribution is 2.13. The maximum absolute atomic E-state index is 12.2. The number of benzene rings is 1. The molecule has 21 heavy (non-hydrogen) atoms. The van der Waals surface area contributed by atoms with Gasteiger partial charge in [0.2, 0.25) is 0 Å². The van der Waals surface area contributed by atoms with Gasteiger partial charge in [0.25, 0.3) is 5.56 Å². The summed E-state index contributed by atoms with van der Waals surface area (Å²) in [4.78, 5) is 27.1. The molecule has 0 radical (unpaired) electrons.